The van der Waals surface area contributed by atoms with E-state index in [9.17, 15) is 14.0 Å². The zero-order chi connectivity index (χ0) is 26.3. The maximum atomic E-state index is 14.9. The lowest BCUT2D eigenvalue weighted by molar-refractivity contribution is -0.117. The molecule has 2 amide bonds. The number of hydrogen-bond acceptors (Lipinski definition) is 3. The molecule has 38 heavy (non-hydrogen) atoms. The second-order valence-electron chi connectivity index (χ2n) is 10.6. The molecule has 0 radical (unpaired) electrons. The van der Waals surface area contributed by atoms with Crippen LogP contribution in [0.3, 0.4) is 0 Å². The molecule has 0 bridgehead atoms. The molecule has 1 saturated carbocycles. The third-order valence-electron chi connectivity index (χ3n) is 7.81. The van der Waals surface area contributed by atoms with Crippen LogP contribution in [0.5, 0.6) is 0 Å². The van der Waals surface area contributed by atoms with Crippen LogP contribution in [0.15, 0.2) is 72.8 Å². The van der Waals surface area contributed by atoms with Gasteiger partial charge in [-0.2, -0.15) is 0 Å². The van der Waals surface area contributed by atoms with Gasteiger partial charge in [-0.3, -0.25) is 14.5 Å². The van der Waals surface area contributed by atoms with Crippen molar-refractivity contribution >= 4 is 17.5 Å². The second-order valence-corrected chi connectivity index (χ2v) is 10.6. The van der Waals surface area contributed by atoms with Crippen LogP contribution in [0.1, 0.15) is 54.4 Å². The average molecular weight is 514 g/mol. The lowest BCUT2D eigenvalue weighted by Gasteiger charge is -2.35. The number of amides is 2. The Morgan fingerprint density at radius 1 is 0.816 bits per heavy atom. The molecule has 1 heterocycles. The van der Waals surface area contributed by atoms with E-state index in [1.54, 1.807) is 18.2 Å². The molecule has 1 aliphatic carbocycles. The predicted octanol–water partition coefficient (Wildman–Crippen LogP) is 6.36. The summed E-state index contributed by atoms with van der Waals surface area (Å²) >= 11 is 0. The van der Waals surface area contributed by atoms with Gasteiger partial charge >= 0.3 is 0 Å². The van der Waals surface area contributed by atoms with Crippen LogP contribution in [0.25, 0.3) is 11.1 Å². The average Bonchev–Trinajstić information content (AvgIpc) is 2.95. The number of piperazine rings is 1. The number of rotatable bonds is 7. The summed E-state index contributed by atoms with van der Waals surface area (Å²) in [5.41, 5.74) is 3.79. The van der Waals surface area contributed by atoms with Crippen molar-refractivity contribution in [2.45, 2.75) is 45.1 Å². The van der Waals surface area contributed by atoms with Crippen molar-refractivity contribution in [1.82, 2.24) is 9.80 Å². The van der Waals surface area contributed by atoms with Gasteiger partial charge in [0.2, 0.25) is 5.91 Å². The van der Waals surface area contributed by atoms with Crippen molar-refractivity contribution in [3.05, 3.63) is 89.7 Å². The van der Waals surface area contributed by atoms with E-state index in [2.05, 4.69) is 10.2 Å². The summed E-state index contributed by atoms with van der Waals surface area (Å²) in [6, 6.07) is 22.5. The van der Waals surface area contributed by atoms with Crippen LogP contribution in [-0.2, 0) is 11.3 Å². The first-order valence-electron chi connectivity index (χ1n) is 13.8. The Morgan fingerprint density at radius 2 is 1.58 bits per heavy atom. The Morgan fingerprint density at radius 3 is 2.32 bits per heavy atom. The summed E-state index contributed by atoms with van der Waals surface area (Å²) in [5.74, 6) is 0.262. The number of anilines is 1. The molecule has 1 saturated heterocycles. The van der Waals surface area contributed by atoms with E-state index in [0.717, 1.165) is 24.0 Å². The Labute approximate surface area is 224 Å². The minimum atomic E-state index is -0.202. The first-order valence-corrected chi connectivity index (χ1v) is 13.8. The lowest BCUT2D eigenvalue weighted by Crippen LogP contribution is -2.48. The molecule has 3 aromatic rings. The highest BCUT2D eigenvalue weighted by Gasteiger charge is 2.23. The van der Waals surface area contributed by atoms with E-state index in [1.807, 2.05) is 59.5 Å². The second kappa shape index (κ2) is 12.4. The van der Waals surface area contributed by atoms with Crippen LogP contribution in [-0.4, -0.2) is 47.8 Å². The van der Waals surface area contributed by atoms with E-state index in [4.69, 9.17) is 0 Å². The number of carbonyl (C=O) groups excluding carboxylic acids is 2. The molecule has 198 valence electrons. The quantitative estimate of drug-likeness (QED) is 0.400. The molecule has 3 aromatic carbocycles. The minimum absolute atomic E-state index is 0.0270. The highest BCUT2D eigenvalue weighted by Crippen LogP contribution is 2.27. The smallest absolute Gasteiger partial charge is 0.254 e. The fourth-order valence-electron chi connectivity index (χ4n) is 5.61. The van der Waals surface area contributed by atoms with Gasteiger partial charge in [0, 0.05) is 56.0 Å². The fraction of sp³-hybridized carbons (Fsp3) is 0.375. The van der Waals surface area contributed by atoms with Gasteiger partial charge in [0.05, 0.1) is 0 Å². The van der Waals surface area contributed by atoms with Gasteiger partial charge in [-0.25, -0.2) is 4.39 Å². The standard InChI is InChI=1S/C32H36FN3O2/c33-30-22-26(25-10-5-2-6-11-25)14-15-28(30)23-35-16-18-36(19-17-35)32(38)27-12-7-13-29(21-27)34-31(37)20-24-8-3-1-4-9-24/h2,5-7,10-15,21-22,24H,1,3-4,8-9,16-20,23H2,(H,34,37). The molecule has 1 aliphatic heterocycles. The Balaban J connectivity index is 1.13. The predicted molar refractivity (Wildman–Crippen MR) is 149 cm³/mol. The SMILES string of the molecule is O=C(CC1CCCCC1)Nc1cccc(C(=O)N2CCN(Cc3ccc(-c4ccccc4)cc3F)CC2)c1. The zero-order valence-electron chi connectivity index (χ0n) is 21.9. The number of nitrogens with zero attached hydrogens (tertiary/aromatic N) is 2. The van der Waals surface area contributed by atoms with Gasteiger partial charge < -0.3 is 10.2 Å². The first-order chi connectivity index (χ1) is 18.5. The zero-order valence-corrected chi connectivity index (χ0v) is 21.9. The number of carbonyl (C=O) groups is 2. The highest BCUT2D eigenvalue weighted by atomic mass is 19.1. The van der Waals surface area contributed by atoms with Crippen molar-refractivity contribution in [3.8, 4) is 11.1 Å². The van der Waals surface area contributed by atoms with E-state index in [-0.39, 0.29) is 17.6 Å². The Bertz CT molecular complexity index is 1250. The van der Waals surface area contributed by atoms with Gasteiger partial charge in [0.1, 0.15) is 5.82 Å². The maximum absolute atomic E-state index is 14.9. The summed E-state index contributed by atoms with van der Waals surface area (Å²) in [6.45, 7) is 3.06. The monoisotopic (exact) mass is 513 g/mol. The molecular formula is C32H36FN3O2. The summed E-state index contributed by atoms with van der Waals surface area (Å²) in [4.78, 5) is 29.7. The van der Waals surface area contributed by atoms with Crippen LogP contribution >= 0.6 is 0 Å². The molecule has 0 atom stereocenters. The summed E-state index contributed by atoms with van der Waals surface area (Å²) in [5, 5.41) is 2.99. The van der Waals surface area contributed by atoms with E-state index >= 15 is 0 Å². The van der Waals surface area contributed by atoms with Crippen molar-refractivity contribution < 1.29 is 14.0 Å². The van der Waals surface area contributed by atoms with Gasteiger partial charge in [0.25, 0.3) is 5.91 Å². The Kier molecular flexibility index (Phi) is 8.49. The van der Waals surface area contributed by atoms with E-state index < -0.39 is 0 Å². The minimum Gasteiger partial charge on any atom is -0.336 e. The first kappa shape index (κ1) is 26.1. The molecule has 2 fully saturated rings. The molecule has 0 aromatic heterocycles. The third kappa shape index (κ3) is 6.67. The molecule has 1 N–H and O–H groups in total. The van der Waals surface area contributed by atoms with E-state index in [1.165, 1.54) is 19.3 Å². The fourth-order valence-corrected chi connectivity index (χ4v) is 5.61. The van der Waals surface area contributed by atoms with Crippen molar-refractivity contribution in [2.24, 2.45) is 5.92 Å². The molecule has 0 unspecified atom stereocenters. The van der Waals surface area contributed by atoms with Gasteiger partial charge in [0.15, 0.2) is 0 Å². The summed E-state index contributed by atoms with van der Waals surface area (Å²) in [6.07, 6.45) is 6.51. The topological polar surface area (TPSA) is 52.7 Å². The number of hydrogen-bond donors (Lipinski definition) is 1. The maximum Gasteiger partial charge on any atom is 0.254 e. The molecular weight excluding hydrogens is 477 g/mol. The van der Waals surface area contributed by atoms with Crippen LogP contribution in [0.4, 0.5) is 10.1 Å². The van der Waals surface area contributed by atoms with Crippen LogP contribution in [0.2, 0.25) is 0 Å². The molecule has 5 nitrogen and oxygen atoms in total. The third-order valence-corrected chi connectivity index (χ3v) is 7.81. The summed E-state index contributed by atoms with van der Waals surface area (Å²) in [7, 11) is 0. The van der Waals surface area contributed by atoms with Gasteiger partial charge in [-0.1, -0.05) is 67.8 Å². The van der Waals surface area contributed by atoms with Crippen molar-refractivity contribution in [3.63, 3.8) is 0 Å². The van der Waals surface area contributed by atoms with Gasteiger partial charge in [-0.05, 0) is 54.2 Å². The molecule has 2 aliphatic rings. The van der Waals surface area contributed by atoms with Crippen LogP contribution in [0, 0.1) is 11.7 Å². The lowest BCUT2D eigenvalue weighted by atomic mass is 9.87. The van der Waals surface area contributed by atoms with E-state index in [0.29, 0.717) is 61.9 Å². The molecule has 6 heteroatoms. The highest BCUT2D eigenvalue weighted by molar-refractivity contribution is 5.97. The van der Waals surface area contributed by atoms with Crippen molar-refractivity contribution in [2.75, 3.05) is 31.5 Å². The largest absolute Gasteiger partial charge is 0.336 e. The number of benzene rings is 3. The number of nitrogens with one attached hydrogen (secondary N) is 1. The normalized spacial score (nSPS) is 16.8. The van der Waals surface area contributed by atoms with Gasteiger partial charge in [-0.15, -0.1) is 0 Å². The van der Waals surface area contributed by atoms with Crippen LogP contribution < -0.4 is 5.32 Å². The summed E-state index contributed by atoms with van der Waals surface area (Å²) < 4.78 is 14.9. The molecule has 5 rings (SSSR count). The Hall–Kier alpha value is -3.51. The number of halogens is 1. The van der Waals surface area contributed by atoms with Crippen molar-refractivity contribution in [1.29, 1.82) is 0 Å². The molecule has 0 spiro atoms.